The van der Waals surface area contributed by atoms with Gasteiger partial charge in [-0.05, 0) is 26.2 Å². The van der Waals surface area contributed by atoms with E-state index in [2.05, 4.69) is 31.1 Å². The lowest BCUT2D eigenvalue weighted by Crippen LogP contribution is -2.14. The molecule has 0 unspecified atom stereocenters. The van der Waals surface area contributed by atoms with Crippen molar-refractivity contribution < 1.29 is 4.42 Å². The fourth-order valence-electron chi connectivity index (χ4n) is 1.49. The molecule has 0 spiro atoms. The van der Waals surface area contributed by atoms with Crippen molar-refractivity contribution >= 4 is 11.0 Å². The number of hydrogen-bond donors (Lipinski definition) is 0. The van der Waals surface area contributed by atoms with Crippen LogP contribution in [0.4, 0.5) is 0 Å². The predicted octanol–water partition coefficient (Wildman–Crippen LogP) is 2.54. The first kappa shape index (κ1) is 9.28. The molecule has 74 valence electrons. The van der Waals surface area contributed by atoms with Gasteiger partial charge in [0.1, 0.15) is 11.3 Å². The molecule has 0 saturated heterocycles. The van der Waals surface area contributed by atoms with Crippen molar-refractivity contribution in [1.29, 1.82) is 0 Å². The average molecular weight is 189 g/mol. The largest absolute Gasteiger partial charge is 0.461 e. The van der Waals surface area contributed by atoms with Crippen LogP contribution >= 0.6 is 0 Å². The zero-order valence-electron chi connectivity index (χ0n) is 8.66. The van der Waals surface area contributed by atoms with Gasteiger partial charge in [-0.25, -0.2) is 0 Å². The van der Waals surface area contributed by atoms with Crippen LogP contribution in [0.3, 0.4) is 0 Å². The number of rotatable bonds is 3. The van der Waals surface area contributed by atoms with Crippen molar-refractivity contribution in [3.8, 4) is 0 Å². The molecule has 0 atom stereocenters. The summed E-state index contributed by atoms with van der Waals surface area (Å²) in [6.07, 6.45) is 0.974. The lowest BCUT2D eigenvalue weighted by molar-refractivity contribution is 0.395. The Kier molecular flexibility index (Phi) is 2.55. The predicted molar refractivity (Wildman–Crippen MR) is 58.5 cm³/mol. The Balaban J connectivity index is 2.19. The molecule has 1 aromatic heterocycles. The molecule has 0 bridgehead atoms. The first-order valence-electron chi connectivity index (χ1n) is 4.88. The third-order valence-corrected chi connectivity index (χ3v) is 2.28. The molecular weight excluding hydrogens is 174 g/mol. The van der Waals surface area contributed by atoms with Crippen LogP contribution in [0.15, 0.2) is 34.7 Å². The molecular formula is C12H15NO. The molecule has 1 heterocycles. The number of hydrogen-bond acceptors (Lipinski definition) is 2. The maximum Gasteiger partial charge on any atom is 0.134 e. The highest BCUT2D eigenvalue weighted by molar-refractivity contribution is 5.77. The van der Waals surface area contributed by atoms with Crippen LogP contribution in [-0.4, -0.2) is 25.5 Å². The lowest BCUT2D eigenvalue weighted by atomic mass is 10.2. The molecule has 1 aromatic carbocycles. The van der Waals surface area contributed by atoms with Crippen LogP contribution in [0, 0.1) is 0 Å². The van der Waals surface area contributed by atoms with Gasteiger partial charge in [0, 0.05) is 18.4 Å². The van der Waals surface area contributed by atoms with E-state index in [1.165, 1.54) is 5.39 Å². The third kappa shape index (κ3) is 1.96. The van der Waals surface area contributed by atoms with Crippen LogP contribution < -0.4 is 0 Å². The highest BCUT2D eigenvalue weighted by Crippen LogP contribution is 2.18. The zero-order valence-corrected chi connectivity index (χ0v) is 8.66. The van der Waals surface area contributed by atoms with Gasteiger partial charge in [-0.15, -0.1) is 0 Å². The van der Waals surface area contributed by atoms with Crippen molar-refractivity contribution in [1.82, 2.24) is 4.90 Å². The highest BCUT2D eigenvalue weighted by atomic mass is 16.3. The van der Waals surface area contributed by atoms with Crippen LogP contribution in [-0.2, 0) is 6.42 Å². The van der Waals surface area contributed by atoms with Gasteiger partial charge >= 0.3 is 0 Å². The second-order valence-corrected chi connectivity index (χ2v) is 3.80. The number of benzene rings is 1. The van der Waals surface area contributed by atoms with E-state index in [0.717, 1.165) is 24.3 Å². The summed E-state index contributed by atoms with van der Waals surface area (Å²) in [6.45, 7) is 1.03. The van der Waals surface area contributed by atoms with E-state index in [1.807, 2.05) is 18.2 Å². The molecule has 2 nitrogen and oxygen atoms in total. The number of nitrogens with zero attached hydrogens (tertiary/aromatic N) is 1. The summed E-state index contributed by atoms with van der Waals surface area (Å²) in [6, 6.07) is 10.3. The SMILES string of the molecule is CN(C)CCc1cc2ccccc2o1. The van der Waals surface area contributed by atoms with Gasteiger partial charge in [0.05, 0.1) is 0 Å². The van der Waals surface area contributed by atoms with Gasteiger partial charge in [-0.3, -0.25) is 0 Å². The molecule has 0 radical (unpaired) electrons. The first-order valence-corrected chi connectivity index (χ1v) is 4.88. The summed E-state index contributed by atoms with van der Waals surface area (Å²) in [5, 5.41) is 1.20. The number of furan rings is 1. The summed E-state index contributed by atoms with van der Waals surface area (Å²) < 4.78 is 5.69. The zero-order chi connectivity index (χ0) is 9.97. The minimum absolute atomic E-state index is 0.974. The maximum absolute atomic E-state index is 5.69. The Morgan fingerprint density at radius 3 is 2.71 bits per heavy atom. The number of para-hydroxylation sites is 1. The fourth-order valence-corrected chi connectivity index (χ4v) is 1.49. The second-order valence-electron chi connectivity index (χ2n) is 3.80. The molecule has 14 heavy (non-hydrogen) atoms. The molecule has 0 N–H and O–H groups in total. The highest BCUT2D eigenvalue weighted by Gasteiger charge is 2.02. The van der Waals surface area contributed by atoms with Crippen molar-refractivity contribution in [2.45, 2.75) is 6.42 Å². The average Bonchev–Trinajstić information content (AvgIpc) is 2.57. The molecule has 0 aliphatic heterocycles. The van der Waals surface area contributed by atoms with E-state index in [0.29, 0.717) is 0 Å². The molecule has 0 saturated carbocycles. The van der Waals surface area contributed by atoms with Gasteiger partial charge < -0.3 is 9.32 Å². The normalized spacial score (nSPS) is 11.4. The van der Waals surface area contributed by atoms with Gasteiger partial charge in [0.25, 0.3) is 0 Å². The van der Waals surface area contributed by atoms with Gasteiger partial charge in [0.2, 0.25) is 0 Å². The Labute approximate surface area is 84.1 Å². The minimum atomic E-state index is 0.974. The summed E-state index contributed by atoms with van der Waals surface area (Å²) in [5.74, 6) is 1.07. The molecule has 2 aromatic rings. The van der Waals surface area contributed by atoms with E-state index in [4.69, 9.17) is 4.42 Å². The third-order valence-electron chi connectivity index (χ3n) is 2.28. The molecule has 0 fully saturated rings. The topological polar surface area (TPSA) is 16.4 Å². The summed E-state index contributed by atoms with van der Waals surface area (Å²) >= 11 is 0. The van der Waals surface area contributed by atoms with E-state index >= 15 is 0 Å². The lowest BCUT2D eigenvalue weighted by Gasteiger charge is -2.06. The van der Waals surface area contributed by atoms with Crippen molar-refractivity contribution in [3.63, 3.8) is 0 Å². The quantitative estimate of drug-likeness (QED) is 0.737. The van der Waals surface area contributed by atoms with Crippen LogP contribution in [0.1, 0.15) is 5.76 Å². The fraction of sp³-hybridized carbons (Fsp3) is 0.333. The molecule has 2 rings (SSSR count). The summed E-state index contributed by atoms with van der Waals surface area (Å²) in [4.78, 5) is 2.16. The van der Waals surface area contributed by atoms with E-state index in [1.54, 1.807) is 0 Å². The van der Waals surface area contributed by atoms with Crippen molar-refractivity contribution in [3.05, 3.63) is 36.1 Å². The first-order chi connectivity index (χ1) is 6.75. The van der Waals surface area contributed by atoms with Gasteiger partial charge in [-0.2, -0.15) is 0 Å². The van der Waals surface area contributed by atoms with E-state index < -0.39 is 0 Å². The number of likely N-dealkylation sites (N-methyl/N-ethyl adjacent to an activating group) is 1. The minimum Gasteiger partial charge on any atom is -0.461 e. The van der Waals surface area contributed by atoms with Crippen molar-refractivity contribution in [2.24, 2.45) is 0 Å². The maximum atomic E-state index is 5.69. The van der Waals surface area contributed by atoms with Crippen molar-refractivity contribution in [2.75, 3.05) is 20.6 Å². The smallest absolute Gasteiger partial charge is 0.134 e. The second kappa shape index (κ2) is 3.84. The number of fused-ring (bicyclic) bond motifs is 1. The van der Waals surface area contributed by atoms with Gasteiger partial charge in [0.15, 0.2) is 0 Å². The molecule has 2 heteroatoms. The Bertz CT molecular complexity index is 384. The molecule has 0 aliphatic carbocycles. The molecule has 0 aliphatic rings. The Morgan fingerprint density at radius 2 is 2.00 bits per heavy atom. The van der Waals surface area contributed by atoms with Gasteiger partial charge in [-0.1, -0.05) is 18.2 Å². The van der Waals surface area contributed by atoms with Crippen LogP contribution in [0.2, 0.25) is 0 Å². The van der Waals surface area contributed by atoms with E-state index in [-0.39, 0.29) is 0 Å². The van der Waals surface area contributed by atoms with Crippen LogP contribution in [0.5, 0.6) is 0 Å². The van der Waals surface area contributed by atoms with E-state index in [9.17, 15) is 0 Å². The Morgan fingerprint density at radius 1 is 1.21 bits per heavy atom. The van der Waals surface area contributed by atoms with Crippen LogP contribution in [0.25, 0.3) is 11.0 Å². The molecule has 0 amide bonds. The standard InChI is InChI=1S/C12H15NO/c1-13(2)8-7-11-9-10-5-3-4-6-12(10)14-11/h3-6,9H,7-8H2,1-2H3. The summed E-state index contributed by atoms with van der Waals surface area (Å²) in [5.41, 5.74) is 0.987. The monoisotopic (exact) mass is 189 g/mol. The Hall–Kier alpha value is -1.28. The summed E-state index contributed by atoms with van der Waals surface area (Å²) in [7, 11) is 4.14.